The van der Waals surface area contributed by atoms with Gasteiger partial charge in [-0.05, 0) is 24.8 Å². The number of nitrogens with zero attached hydrogens (tertiary/aromatic N) is 1. The summed E-state index contributed by atoms with van der Waals surface area (Å²) in [5.41, 5.74) is 6.15. The zero-order chi connectivity index (χ0) is 10.1. The minimum absolute atomic E-state index is 0.316. The molecule has 1 aliphatic heterocycles. The van der Waals surface area contributed by atoms with Crippen molar-refractivity contribution < 1.29 is 0 Å². The average Bonchev–Trinajstić information content (AvgIpc) is 2.31. The standard InChI is InChI=1S/C10H20N2S/c1-4-8(9(11)13)12-6-5-10(2,3)7-12/h8H,4-7H2,1-3H3,(H2,11,13). The van der Waals surface area contributed by atoms with E-state index in [1.807, 2.05) is 0 Å². The second-order valence-corrected chi connectivity index (χ2v) is 5.18. The van der Waals surface area contributed by atoms with Crippen molar-refractivity contribution in [3.8, 4) is 0 Å². The minimum atomic E-state index is 0.316. The van der Waals surface area contributed by atoms with Gasteiger partial charge in [0, 0.05) is 6.54 Å². The number of hydrogen-bond acceptors (Lipinski definition) is 2. The first-order chi connectivity index (χ1) is 5.96. The molecule has 1 aliphatic rings. The highest BCUT2D eigenvalue weighted by Gasteiger charge is 2.33. The fourth-order valence-electron chi connectivity index (χ4n) is 2.06. The van der Waals surface area contributed by atoms with Gasteiger partial charge in [0.15, 0.2) is 0 Å². The van der Waals surface area contributed by atoms with Crippen LogP contribution in [0.15, 0.2) is 0 Å². The number of rotatable bonds is 3. The van der Waals surface area contributed by atoms with Gasteiger partial charge in [0.2, 0.25) is 0 Å². The first-order valence-corrected chi connectivity index (χ1v) is 5.40. The van der Waals surface area contributed by atoms with E-state index in [4.69, 9.17) is 18.0 Å². The third kappa shape index (κ3) is 2.64. The molecule has 1 atom stereocenters. The van der Waals surface area contributed by atoms with Crippen LogP contribution in [0.4, 0.5) is 0 Å². The predicted molar refractivity (Wildman–Crippen MR) is 60.8 cm³/mol. The SMILES string of the molecule is CCC(C(N)=S)N1CCC(C)(C)C1. The van der Waals surface area contributed by atoms with Crippen LogP contribution < -0.4 is 5.73 Å². The lowest BCUT2D eigenvalue weighted by atomic mass is 9.93. The Labute approximate surface area is 86.5 Å². The maximum atomic E-state index is 5.71. The normalized spacial score (nSPS) is 24.5. The van der Waals surface area contributed by atoms with Crippen molar-refractivity contribution in [3.63, 3.8) is 0 Å². The first kappa shape index (κ1) is 10.9. The molecule has 0 bridgehead atoms. The molecule has 1 heterocycles. The van der Waals surface area contributed by atoms with Crippen LogP contribution in [0, 0.1) is 5.41 Å². The van der Waals surface area contributed by atoms with Gasteiger partial charge in [0.1, 0.15) is 0 Å². The molecule has 76 valence electrons. The van der Waals surface area contributed by atoms with Crippen LogP contribution >= 0.6 is 12.2 Å². The molecule has 2 nitrogen and oxygen atoms in total. The molecule has 0 aliphatic carbocycles. The fraction of sp³-hybridized carbons (Fsp3) is 0.900. The summed E-state index contributed by atoms with van der Waals surface area (Å²) in [5, 5.41) is 0. The Morgan fingerprint density at radius 3 is 2.54 bits per heavy atom. The molecule has 0 aromatic heterocycles. The van der Waals surface area contributed by atoms with Gasteiger partial charge in [0.25, 0.3) is 0 Å². The zero-order valence-electron chi connectivity index (χ0n) is 8.84. The van der Waals surface area contributed by atoms with Gasteiger partial charge in [-0.2, -0.15) is 0 Å². The number of nitrogens with two attached hydrogens (primary N) is 1. The van der Waals surface area contributed by atoms with E-state index in [9.17, 15) is 0 Å². The van der Waals surface area contributed by atoms with Crippen molar-refractivity contribution >= 4 is 17.2 Å². The van der Waals surface area contributed by atoms with Crippen molar-refractivity contribution in [1.29, 1.82) is 0 Å². The predicted octanol–water partition coefficient (Wildman–Crippen LogP) is 1.78. The van der Waals surface area contributed by atoms with Crippen molar-refractivity contribution in [2.24, 2.45) is 11.1 Å². The second kappa shape index (κ2) is 3.93. The Morgan fingerprint density at radius 2 is 2.23 bits per heavy atom. The number of thiocarbonyl (C=S) groups is 1. The summed E-state index contributed by atoms with van der Waals surface area (Å²) in [6.07, 6.45) is 2.29. The molecule has 0 aromatic rings. The maximum absolute atomic E-state index is 5.71. The topological polar surface area (TPSA) is 29.3 Å². The van der Waals surface area contributed by atoms with E-state index < -0.39 is 0 Å². The Balaban J connectivity index is 2.58. The van der Waals surface area contributed by atoms with E-state index in [0.717, 1.165) is 19.5 Å². The maximum Gasteiger partial charge on any atom is 0.0901 e. The fourth-order valence-corrected chi connectivity index (χ4v) is 2.38. The molecule has 1 rings (SSSR count). The van der Waals surface area contributed by atoms with E-state index in [1.54, 1.807) is 0 Å². The largest absolute Gasteiger partial charge is 0.392 e. The van der Waals surface area contributed by atoms with E-state index in [1.165, 1.54) is 6.42 Å². The van der Waals surface area contributed by atoms with E-state index in [2.05, 4.69) is 25.7 Å². The van der Waals surface area contributed by atoms with Gasteiger partial charge < -0.3 is 5.73 Å². The molecule has 1 saturated heterocycles. The summed E-state index contributed by atoms with van der Waals surface area (Å²) in [5.74, 6) is 0. The number of likely N-dealkylation sites (tertiary alicyclic amines) is 1. The number of hydrogen-bond donors (Lipinski definition) is 1. The Hall–Kier alpha value is -0.150. The summed E-state index contributed by atoms with van der Waals surface area (Å²) >= 11 is 5.06. The van der Waals surface area contributed by atoms with Crippen LogP contribution in [0.5, 0.6) is 0 Å². The van der Waals surface area contributed by atoms with Crippen molar-refractivity contribution in [3.05, 3.63) is 0 Å². The molecule has 0 aromatic carbocycles. The lowest BCUT2D eigenvalue weighted by molar-refractivity contribution is 0.258. The molecule has 0 saturated carbocycles. The lowest BCUT2D eigenvalue weighted by Crippen LogP contribution is -2.42. The van der Waals surface area contributed by atoms with Gasteiger partial charge in [-0.15, -0.1) is 0 Å². The highest BCUT2D eigenvalue weighted by atomic mass is 32.1. The smallest absolute Gasteiger partial charge is 0.0901 e. The lowest BCUT2D eigenvalue weighted by Gasteiger charge is -2.27. The molecule has 3 heteroatoms. The van der Waals surface area contributed by atoms with Crippen LogP contribution in [0.1, 0.15) is 33.6 Å². The monoisotopic (exact) mass is 200 g/mol. The highest BCUT2D eigenvalue weighted by Crippen LogP contribution is 2.30. The molecule has 1 unspecified atom stereocenters. The van der Waals surface area contributed by atoms with Gasteiger partial charge in [-0.3, -0.25) is 4.90 Å². The molecule has 0 spiro atoms. The third-order valence-corrected chi connectivity index (χ3v) is 3.13. The van der Waals surface area contributed by atoms with E-state index in [0.29, 0.717) is 16.4 Å². The van der Waals surface area contributed by atoms with Crippen LogP contribution in [-0.2, 0) is 0 Å². The Morgan fingerprint density at radius 1 is 1.62 bits per heavy atom. The van der Waals surface area contributed by atoms with Crippen molar-refractivity contribution in [2.45, 2.75) is 39.7 Å². The first-order valence-electron chi connectivity index (χ1n) is 4.99. The van der Waals surface area contributed by atoms with Gasteiger partial charge in [-0.1, -0.05) is 33.0 Å². The highest BCUT2D eigenvalue weighted by molar-refractivity contribution is 7.80. The molecular weight excluding hydrogens is 180 g/mol. The van der Waals surface area contributed by atoms with Gasteiger partial charge in [-0.25, -0.2) is 0 Å². The quantitative estimate of drug-likeness (QED) is 0.704. The van der Waals surface area contributed by atoms with Crippen LogP contribution in [0.25, 0.3) is 0 Å². The van der Waals surface area contributed by atoms with Crippen molar-refractivity contribution in [2.75, 3.05) is 13.1 Å². The minimum Gasteiger partial charge on any atom is -0.392 e. The second-order valence-electron chi connectivity index (χ2n) is 4.71. The van der Waals surface area contributed by atoms with E-state index >= 15 is 0 Å². The van der Waals surface area contributed by atoms with Crippen molar-refractivity contribution in [1.82, 2.24) is 4.90 Å². The Kier molecular flexibility index (Phi) is 3.30. The molecule has 0 amide bonds. The van der Waals surface area contributed by atoms with Crippen LogP contribution in [0.2, 0.25) is 0 Å². The zero-order valence-corrected chi connectivity index (χ0v) is 9.66. The van der Waals surface area contributed by atoms with Crippen LogP contribution in [0.3, 0.4) is 0 Å². The summed E-state index contributed by atoms with van der Waals surface area (Å²) in [6, 6.07) is 0.316. The summed E-state index contributed by atoms with van der Waals surface area (Å²) in [4.78, 5) is 3.07. The third-order valence-electron chi connectivity index (χ3n) is 2.86. The molecule has 2 N–H and O–H groups in total. The Bertz CT molecular complexity index is 201. The van der Waals surface area contributed by atoms with Crippen LogP contribution in [-0.4, -0.2) is 29.0 Å². The summed E-state index contributed by atoms with van der Waals surface area (Å²) < 4.78 is 0. The summed E-state index contributed by atoms with van der Waals surface area (Å²) in [6.45, 7) is 9.03. The molecule has 1 fully saturated rings. The molecule has 13 heavy (non-hydrogen) atoms. The van der Waals surface area contributed by atoms with E-state index in [-0.39, 0.29) is 0 Å². The summed E-state index contributed by atoms with van der Waals surface area (Å²) in [7, 11) is 0. The van der Waals surface area contributed by atoms with Gasteiger partial charge in [0.05, 0.1) is 11.0 Å². The molecule has 0 radical (unpaired) electrons. The molecular formula is C10H20N2S. The average molecular weight is 200 g/mol. The van der Waals surface area contributed by atoms with Gasteiger partial charge >= 0.3 is 0 Å².